The Labute approximate surface area is 117 Å². The van der Waals surface area contributed by atoms with Crippen LogP contribution in [-0.2, 0) is 11.8 Å². The molecule has 0 bridgehead atoms. The number of hydrogen-bond acceptors (Lipinski definition) is 0. The van der Waals surface area contributed by atoms with Crippen LogP contribution in [-0.4, -0.2) is 0 Å². The van der Waals surface area contributed by atoms with Crippen LogP contribution < -0.4 is 0 Å². The SMILES string of the molecule is C=C/C(=C\C)c1cc(C(C)(C)C)cc2c1C=C(C)C2. The molecule has 1 aromatic carbocycles. The molecule has 100 valence electrons. The molecule has 0 aromatic heterocycles. The highest BCUT2D eigenvalue weighted by Gasteiger charge is 2.21. The van der Waals surface area contributed by atoms with Gasteiger partial charge >= 0.3 is 0 Å². The van der Waals surface area contributed by atoms with Crippen molar-refractivity contribution in [2.75, 3.05) is 0 Å². The predicted molar refractivity (Wildman–Crippen MR) is 86.3 cm³/mol. The molecular weight excluding hydrogens is 228 g/mol. The fourth-order valence-electron chi connectivity index (χ4n) is 2.68. The van der Waals surface area contributed by atoms with Gasteiger partial charge in [0.05, 0.1) is 0 Å². The third kappa shape index (κ3) is 2.58. The zero-order valence-electron chi connectivity index (χ0n) is 12.8. The highest BCUT2D eigenvalue weighted by Crippen LogP contribution is 2.36. The van der Waals surface area contributed by atoms with Crippen LogP contribution in [0.2, 0.25) is 0 Å². The van der Waals surface area contributed by atoms with Crippen LogP contribution in [0.5, 0.6) is 0 Å². The van der Waals surface area contributed by atoms with Gasteiger partial charge in [0.1, 0.15) is 0 Å². The minimum absolute atomic E-state index is 0.181. The molecule has 1 aliphatic rings. The van der Waals surface area contributed by atoms with E-state index in [2.05, 4.69) is 65.5 Å². The van der Waals surface area contributed by atoms with E-state index in [4.69, 9.17) is 0 Å². The van der Waals surface area contributed by atoms with E-state index in [1.54, 1.807) is 0 Å². The van der Waals surface area contributed by atoms with E-state index < -0.39 is 0 Å². The Hall–Kier alpha value is -1.56. The molecule has 0 aliphatic heterocycles. The van der Waals surface area contributed by atoms with Crippen LogP contribution in [0.25, 0.3) is 11.6 Å². The first kappa shape index (κ1) is 13.9. The summed E-state index contributed by atoms with van der Waals surface area (Å²) in [5.41, 5.74) is 8.44. The summed E-state index contributed by atoms with van der Waals surface area (Å²) in [6.45, 7) is 15.1. The highest BCUT2D eigenvalue weighted by molar-refractivity contribution is 5.83. The largest absolute Gasteiger partial charge is 0.0985 e. The number of hydrogen-bond donors (Lipinski definition) is 0. The average molecular weight is 252 g/mol. The van der Waals surface area contributed by atoms with Crippen LogP contribution in [0.1, 0.15) is 56.9 Å². The summed E-state index contributed by atoms with van der Waals surface area (Å²) in [4.78, 5) is 0. The zero-order chi connectivity index (χ0) is 14.2. The Kier molecular flexibility index (Phi) is 3.54. The van der Waals surface area contributed by atoms with Crippen molar-refractivity contribution in [3.8, 4) is 0 Å². The topological polar surface area (TPSA) is 0 Å². The number of rotatable bonds is 2. The lowest BCUT2D eigenvalue weighted by molar-refractivity contribution is 0.589. The molecule has 0 saturated carbocycles. The zero-order valence-corrected chi connectivity index (χ0v) is 12.8. The normalized spacial score (nSPS) is 15.2. The van der Waals surface area contributed by atoms with Crippen molar-refractivity contribution in [2.24, 2.45) is 0 Å². The molecule has 0 saturated heterocycles. The van der Waals surface area contributed by atoms with E-state index in [1.807, 2.05) is 6.08 Å². The maximum Gasteiger partial charge on any atom is -0.00603 e. The standard InChI is InChI=1S/C19H24/c1-7-14(8-2)18-12-16(19(4,5)6)11-15-9-13(3)10-17(15)18/h7-8,10-12H,1,9H2,2-6H3/b14-8+. The fraction of sp³-hybridized carbons (Fsp3) is 0.368. The van der Waals surface area contributed by atoms with Gasteiger partial charge in [-0.05, 0) is 53.5 Å². The molecular formula is C19H24. The molecule has 19 heavy (non-hydrogen) atoms. The molecule has 0 fully saturated rings. The van der Waals surface area contributed by atoms with Gasteiger partial charge in [0.25, 0.3) is 0 Å². The summed E-state index contributed by atoms with van der Waals surface area (Å²) in [6, 6.07) is 4.72. The van der Waals surface area contributed by atoms with Gasteiger partial charge in [0, 0.05) is 0 Å². The van der Waals surface area contributed by atoms with Crippen molar-refractivity contribution < 1.29 is 0 Å². The molecule has 0 radical (unpaired) electrons. The molecule has 0 spiro atoms. The number of fused-ring (bicyclic) bond motifs is 1. The highest BCUT2D eigenvalue weighted by atomic mass is 14.3. The van der Waals surface area contributed by atoms with E-state index in [1.165, 1.54) is 33.4 Å². The Bertz CT molecular complexity index is 575. The maximum absolute atomic E-state index is 3.96. The molecule has 2 rings (SSSR count). The molecule has 0 nitrogen and oxygen atoms in total. The van der Waals surface area contributed by atoms with Gasteiger partial charge in [-0.1, -0.05) is 63.3 Å². The van der Waals surface area contributed by atoms with Gasteiger partial charge in [-0.15, -0.1) is 0 Å². The van der Waals surface area contributed by atoms with Crippen molar-refractivity contribution in [1.82, 2.24) is 0 Å². The first-order valence-corrected chi connectivity index (χ1v) is 7.00. The van der Waals surface area contributed by atoms with Crippen LogP contribution in [0.15, 0.2) is 36.4 Å². The van der Waals surface area contributed by atoms with Crippen molar-refractivity contribution in [1.29, 1.82) is 0 Å². The van der Waals surface area contributed by atoms with Gasteiger partial charge in [-0.3, -0.25) is 0 Å². The molecule has 0 heteroatoms. The summed E-state index contributed by atoms with van der Waals surface area (Å²) in [6.07, 6.45) is 7.52. The predicted octanol–water partition coefficient (Wildman–Crippen LogP) is 5.53. The van der Waals surface area contributed by atoms with Crippen LogP contribution in [0.3, 0.4) is 0 Å². The van der Waals surface area contributed by atoms with Crippen LogP contribution in [0, 0.1) is 0 Å². The fourth-order valence-corrected chi connectivity index (χ4v) is 2.68. The quantitative estimate of drug-likeness (QED) is 0.607. The second-order valence-corrected chi connectivity index (χ2v) is 6.46. The summed E-state index contributed by atoms with van der Waals surface area (Å²) >= 11 is 0. The van der Waals surface area contributed by atoms with Gasteiger partial charge < -0.3 is 0 Å². The molecule has 0 heterocycles. The van der Waals surface area contributed by atoms with Crippen molar-refractivity contribution in [3.05, 3.63) is 58.7 Å². The maximum atomic E-state index is 3.96. The summed E-state index contributed by atoms with van der Waals surface area (Å²) < 4.78 is 0. The summed E-state index contributed by atoms with van der Waals surface area (Å²) in [5, 5.41) is 0. The van der Waals surface area contributed by atoms with Crippen molar-refractivity contribution >= 4 is 11.6 Å². The Balaban J connectivity index is 2.70. The lowest BCUT2D eigenvalue weighted by Crippen LogP contribution is -2.12. The van der Waals surface area contributed by atoms with Gasteiger partial charge in [0.15, 0.2) is 0 Å². The molecule has 0 N–H and O–H groups in total. The second kappa shape index (κ2) is 4.85. The third-order valence-corrected chi connectivity index (χ3v) is 3.83. The van der Waals surface area contributed by atoms with Gasteiger partial charge in [-0.25, -0.2) is 0 Å². The molecule has 0 unspecified atom stereocenters. The minimum Gasteiger partial charge on any atom is -0.0985 e. The van der Waals surface area contributed by atoms with Crippen LogP contribution in [0.4, 0.5) is 0 Å². The lowest BCUT2D eigenvalue weighted by Gasteiger charge is -2.22. The summed E-state index contributed by atoms with van der Waals surface area (Å²) in [7, 11) is 0. The van der Waals surface area contributed by atoms with E-state index >= 15 is 0 Å². The van der Waals surface area contributed by atoms with E-state index in [-0.39, 0.29) is 5.41 Å². The van der Waals surface area contributed by atoms with E-state index in [0.717, 1.165) is 6.42 Å². The Morgan fingerprint density at radius 1 is 1.26 bits per heavy atom. The molecule has 0 amide bonds. The van der Waals surface area contributed by atoms with Crippen molar-refractivity contribution in [3.63, 3.8) is 0 Å². The molecule has 1 aromatic rings. The smallest absolute Gasteiger partial charge is 0.00603 e. The third-order valence-electron chi connectivity index (χ3n) is 3.83. The van der Waals surface area contributed by atoms with Crippen molar-refractivity contribution in [2.45, 2.75) is 46.5 Å². The van der Waals surface area contributed by atoms with Gasteiger partial charge in [-0.2, -0.15) is 0 Å². The van der Waals surface area contributed by atoms with Crippen LogP contribution >= 0.6 is 0 Å². The first-order valence-electron chi connectivity index (χ1n) is 7.00. The Morgan fingerprint density at radius 3 is 2.47 bits per heavy atom. The number of benzene rings is 1. The summed E-state index contributed by atoms with van der Waals surface area (Å²) in [5.74, 6) is 0. The monoisotopic (exact) mass is 252 g/mol. The Morgan fingerprint density at radius 2 is 1.95 bits per heavy atom. The number of allylic oxidation sites excluding steroid dienone is 4. The van der Waals surface area contributed by atoms with Gasteiger partial charge in [0.2, 0.25) is 0 Å². The minimum atomic E-state index is 0.181. The lowest BCUT2D eigenvalue weighted by atomic mass is 9.82. The first-order chi connectivity index (χ1) is 8.86. The molecule has 0 atom stereocenters. The van der Waals surface area contributed by atoms with E-state index in [9.17, 15) is 0 Å². The second-order valence-electron chi connectivity index (χ2n) is 6.46. The van der Waals surface area contributed by atoms with E-state index in [0.29, 0.717) is 0 Å². The molecule has 1 aliphatic carbocycles. The average Bonchev–Trinajstić information content (AvgIpc) is 2.69.